The number of ether oxygens (including phenoxy) is 1. The average molecular weight is 1580 g/mol. The van der Waals surface area contributed by atoms with Crippen LogP contribution in [0.1, 0.15) is 155 Å². The van der Waals surface area contributed by atoms with Gasteiger partial charge in [-0.1, -0.05) is 279 Å². The topological polar surface area (TPSA) is 13.1 Å². The van der Waals surface area contributed by atoms with Crippen molar-refractivity contribution in [1.82, 2.24) is 0 Å². The molecule has 0 bridgehead atoms. The van der Waals surface area contributed by atoms with Crippen LogP contribution in [0.4, 0.5) is 0 Å². The molecule has 8 rings (SSSR count). The van der Waals surface area contributed by atoms with E-state index in [4.69, 9.17) is 4.74 Å². The molecule has 6 aromatic carbocycles. The van der Waals surface area contributed by atoms with E-state index in [0.29, 0.717) is 0 Å². The Kier molecular flexibility index (Phi) is 86.9. The normalized spacial score (nSPS) is 10.9. The van der Waals surface area contributed by atoms with Gasteiger partial charge in [0.25, 0.3) is 0 Å². The molecule has 7 aromatic rings. The maximum atomic E-state index is 5.25. The standard InChI is InChI=1S/C15H24N.C11H26N.C8H20N.5C8H8.C7H16NO.C7H10N.C5H14N.6ClH/c1-5-14-9-11-15(12-10-14)13-16(6-2,7-3)8-4;1-5-9-12(8-4,10-6-2)11-7-3;1-5-9(6-2,7-3)8-4;5*1-2-8-6-4-3-5-7-8;1-3-8(2)4-6-9-7-5-8;1-2-8-6-4-3-5-7-8;1-5-6(2,3)4;;;;;;/h5,9-12H,1,6-8,13H2,2-4H3;5-11H2,1-4H3;5-8H2,1-4H3;5*2-7H,1H2;3-7H2,1-2H3;3-7H,2H2,1H3;5H2,1-4H3;6*1H/q3*+1;;;;;;3*+1;;;;;;/p-6. The van der Waals surface area contributed by atoms with Gasteiger partial charge in [-0.15, -0.1) is 0 Å². The van der Waals surface area contributed by atoms with Crippen LogP contribution in [0.2, 0.25) is 0 Å². The zero-order valence-electron chi connectivity index (χ0n) is 69.8. The zero-order valence-corrected chi connectivity index (χ0v) is 74.3. The molecule has 106 heavy (non-hydrogen) atoms. The van der Waals surface area contributed by atoms with Crippen molar-refractivity contribution in [2.45, 2.75) is 129 Å². The van der Waals surface area contributed by atoms with Crippen LogP contribution in [0, 0.1) is 0 Å². The highest BCUT2D eigenvalue weighted by Gasteiger charge is 2.23. The minimum Gasteiger partial charge on any atom is -1.00 e. The highest BCUT2D eigenvalue weighted by atomic mass is 35.5. The number of aromatic nitrogens is 1. The van der Waals surface area contributed by atoms with Crippen LogP contribution in [0.25, 0.3) is 36.5 Å². The van der Waals surface area contributed by atoms with Crippen LogP contribution < -0.4 is 79.0 Å². The number of pyridine rings is 1. The Morgan fingerprint density at radius 1 is 0.330 bits per heavy atom. The van der Waals surface area contributed by atoms with E-state index in [1.807, 2.05) is 206 Å². The fourth-order valence-electron chi connectivity index (χ4n) is 10.4. The van der Waals surface area contributed by atoms with Gasteiger partial charge in [0.15, 0.2) is 12.4 Å². The summed E-state index contributed by atoms with van der Waals surface area (Å²) in [6.07, 6.45) is 19.2. The van der Waals surface area contributed by atoms with Gasteiger partial charge < -0.3 is 102 Å². The number of aryl methyl sites for hydroxylation is 1. The lowest BCUT2D eigenvalue weighted by atomic mass is 10.1. The summed E-state index contributed by atoms with van der Waals surface area (Å²) in [5.41, 5.74) is 8.50. The summed E-state index contributed by atoms with van der Waals surface area (Å²) in [7, 11) is 8.84. The van der Waals surface area contributed by atoms with Crippen molar-refractivity contribution in [2.24, 2.45) is 0 Å². The summed E-state index contributed by atoms with van der Waals surface area (Å²) < 4.78 is 13.4. The molecule has 0 N–H and O–H groups in total. The second-order valence-corrected chi connectivity index (χ2v) is 26.2. The maximum absolute atomic E-state index is 5.25. The SMILES string of the molecule is C=Cc1ccc(C[N+](CC)(CC)CC)cc1.C=Cc1ccccc1.C=Cc1ccccc1.C=Cc1ccccc1.C=Cc1ccccc1.C=Cc1ccccc1.CCC[N+](CC)(CCC)CCC.CC[N+](C)(C)C.CC[N+](CC)(CC)CC.CC[N+]1(C)CCOCC1.CC[n+]1ccccc1.[Cl-].[Cl-].[Cl-].[Cl-].[Cl-].[Cl-]. The first-order chi connectivity index (χ1) is 48.1. The van der Waals surface area contributed by atoms with Crippen molar-refractivity contribution >= 4 is 36.5 Å². The molecular formula is C93H150Cl6N6O. The number of nitrogens with zero attached hydrogens (tertiary/aromatic N) is 6. The molecule has 1 saturated heterocycles. The Labute approximate surface area is 691 Å². The molecular weight excluding hydrogens is 1430 g/mol. The fraction of sp³-hybridized carbons (Fsp3) is 0.430. The highest BCUT2D eigenvalue weighted by Crippen LogP contribution is 2.16. The number of morpholine rings is 1. The van der Waals surface area contributed by atoms with Gasteiger partial charge >= 0.3 is 0 Å². The van der Waals surface area contributed by atoms with Crippen molar-refractivity contribution in [1.29, 1.82) is 0 Å². The number of rotatable bonds is 25. The monoisotopic (exact) mass is 1580 g/mol. The predicted octanol–water partition coefficient (Wildman–Crippen LogP) is 4.50. The molecule has 0 amide bonds. The smallest absolute Gasteiger partial charge is 0.168 e. The fourth-order valence-corrected chi connectivity index (χ4v) is 10.4. The zero-order chi connectivity index (χ0) is 75.7. The van der Waals surface area contributed by atoms with Gasteiger partial charge in [-0.25, -0.2) is 4.57 Å². The average Bonchev–Trinajstić information content (AvgIpc) is 0.870. The van der Waals surface area contributed by atoms with E-state index in [-0.39, 0.29) is 74.4 Å². The number of hydrogen-bond donors (Lipinski definition) is 0. The molecule has 0 radical (unpaired) electrons. The van der Waals surface area contributed by atoms with E-state index in [2.05, 4.69) is 206 Å². The molecule has 600 valence electrons. The van der Waals surface area contributed by atoms with Crippen molar-refractivity contribution in [3.63, 3.8) is 0 Å². The molecule has 1 aliphatic heterocycles. The van der Waals surface area contributed by atoms with Gasteiger partial charge in [0.2, 0.25) is 0 Å². The number of benzene rings is 6. The molecule has 0 spiro atoms. The van der Waals surface area contributed by atoms with E-state index < -0.39 is 0 Å². The summed E-state index contributed by atoms with van der Waals surface area (Å²) in [5, 5.41) is 0. The number of likely N-dealkylation sites (N-methyl/N-ethyl adjacent to an activating group) is 1. The van der Waals surface area contributed by atoms with Gasteiger partial charge in [0.1, 0.15) is 26.2 Å². The molecule has 7 nitrogen and oxygen atoms in total. The summed E-state index contributed by atoms with van der Waals surface area (Å²) >= 11 is 0. The van der Waals surface area contributed by atoms with E-state index >= 15 is 0 Å². The van der Waals surface area contributed by atoms with Crippen LogP contribution >= 0.6 is 0 Å². The lowest BCUT2D eigenvalue weighted by Gasteiger charge is -2.37. The van der Waals surface area contributed by atoms with Crippen molar-refractivity contribution in [3.05, 3.63) is 285 Å². The molecule has 1 aliphatic rings. The summed E-state index contributed by atoms with van der Waals surface area (Å²) in [5.74, 6) is 0. The van der Waals surface area contributed by atoms with Gasteiger partial charge in [-0.3, -0.25) is 0 Å². The predicted molar refractivity (Wildman–Crippen MR) is 452 cm³/mol. The van der Waals surface area contributed by atoms with Gasteiger partial charge in [0.05, 0.1) is 126 Å². The van der Waals surface area contributed by atoms with Crippen molar-refractivity contribution in [2.75, 3.05) is 140 Å². The molecule has 0 saturated carbocycles. The van der Waals surface area contributed by atoms with E-state index in [1.165, 1.54) is 174 Å². The molecule has 2 heterocycles. The Hall–Kier alpha value is -5.59. The van der Waals surface area contributed by atoms with E-state index in [1.54, 1.807) is 0 Å². The minimum atomic E-state index is 0. The summed E-state index contributed by atoms with van der Waals surface area (Å²) in [6, 6.07) is 65.0. The highest BCUT2D eigenvalue weighted by molar-refractivity contribution is 5.49. The van der Waals surface area contributed by atoms with E-state index in [0.717, 1.165) is 30.8 Å². The molecule has 1 fully saturated rings. The first-order valence-electron chi connectivity index (χ1n) is 37.9. The Morgan fingerprint density at radius 2 is 0.566 bits per heavy atom. The summed E-state index contributed by atoms with van der Waals surface area (Å²) in [4.78, 5) is 0. The molecule has 13 heteroatoms. The number of quaternary nitrogens is 5. The minimum absolute atomic E-state index is 0. The third-order valence-electron chi connectivity index (χ3n) is 18.8. The number of hydrogen-bond acceptors (Lipinski definition) is 1. The molecule has 1 aromatic heterocycles. The molecule has 0 unspecified atom stereocenters. The lowest BCUT2D eigenvalue weighted by molar-refractivity contribution is -0.936. The van der Waals surface area contributed by atoms with Crippen molar-refractivity contribution in [3.8, 4) is 0 Å². The lowest BCUT2D eigenvalue weighted by Crippen LogP contribution is -3.00. The first kappa shape index (κ1) is 119. The second kappa shape index (κ2) is 77.6. The van der Waals surface area contributed by atoms with Gasteiger partial charge in [-0.2, -0.15) is 0 Å². The molecule has 0 aliphatic carbocycles. The van der Waals surface area contributed by atoms with Gasteiger partial charge in [-0.05, 0) is 129 Å². The number of halogens is 6. The Balaban J connectivity index is -0.000000140. The third kappa shape index (κ3) is 61.3. The summed E-state index contributed by atoms with van der Waals surface area (Å²) in [6.45, 7) is 76.8. The second-order valence-electron chi connectivity index (χ2n) is 26.2. The third-order valence-corrected chi connectivity index (χ3v) is 18.8. The van der Waals surface area contributed by atoms with Crippen LogP contribution in [-0.4, -0.2) is 162 Å². The van der Waals surface area contributed by atoms with Crippen LogP contribution in [0.5, 0.6) is 0 Å². The molecule has 0 atom stereocenters. The van der Waals surface area contributed by atoms with E-state index in [9.17, 15) is 0 Å². The Morgan fingerprint density at radius 3 is 0.726 bits per heavy atom. The van der Waals surface area contributed by atoms with Crippen LogP contribution in [0.15, 0.2) is 246 Å². The first-order valence-corrected chi connectivity index (χ1v) is 37.9. The quantitative estimate of drug-likeness (QED) is 0.0608. The maximum Gasteiger partial charge on any atom is 0.168 e. The van der Waals surface area contributed by atoms with Crippen LogP contribution in [0.3, 0.4) is 0 Å². The van der Waals surface area contributed by atoms with Crippen molar-refractivity contribution < 1.29 is 106 Å². The van der Waals surface area contributed by atoms with Gasteiger partial charge in [0, 0.05) is 17.7 Å². The Bertz CT molecular complexity index is 2680. The largest absolute Gasteiger partial charge is 1.00 e. The van der Waals surface area contributed by atoms with Crippen LogP contribution in [-0.2, 0) is 17.8 Å².